The van der Waals surface area contributed by atoms with Crippen LogP contribution in [0.1, 0.15) is 28.7 Å². The van der Waals surface area contributed by atoms with Crippen molar-refractivity contribution in [3.8, 4) is 5.75 Å². The number of allylic oxidation sites excluding steroid dienone is 1. The van der Waals surface area contributed by atoms with Crippen LogP contribution in [0.5, 0.6) is 5.75 Å². The summed E-state index contributed by atoms with van der Waals surface area (Å²) in [6.45, 7) is 8.34. The standard InChI is InChI=1S/C22H22FN3O2S/c1-4-12-26-20(14-28-19-7-5-6-15(2)13-19)24-25-22(26)29-16(3)21(27)17-8-10-18(23)11-9-17/h4-11,13,16H,1,12,14H2,2-3H3/t16-/m0/s1. The molecule has 3 aromatic rings. The monoisotopic (exact) mass is 411 g/mol. The molecule has 0 unspecified atom stereocenters. The van der Waals surface area contributed by atoms with Gasteiger partial charge in [0.2, 0.25) is 0 Å². The van der Waals surface area contributed by atoms with E-state index in [1.54, 1.807) is 13.0 Å². The Morgan fingerprint density at radius 3 is 2.72 bits per heavy atom. The number of halogens is 1. The first-order valence-corrected chi connectivity index (χ1v) is 10.0. The number of ether oxygens (including phenoxy) is 1. The predicted octanol–water partition coefficient (Wildman–Crippen LogP) is 4.85. The van der Waals surface area contributed by atoms with Crippen LogP contribution in [-0.2, 0) is 13.2 Å². The van der Waals surface area contributed by atoms with Gasteiger partial charge < -0.3 is 4.74 Å². The maximum atomic E-state index is 13.1. The van der Waals surface area contributed by atoms with Gasteiger partial charge in [-0.3, -0.25) is 9.36 Å². The Labute approximate surface area is 173 Å². The molecule has 5 nitrogen and oxygen atoms in total. The quantitative estimate of drug-likeness (QED) is 0.286. The van der Waals surface area contributed by atoms with Crippen molar-refractivity contribution in [2.75, 3.05) is 0 Å². The molecule has 150 valence electrons. The summed E-state index contributed by atoms with van der Waals surface area (Å²) in [5.74, 6) is 0.939. The fraction of sp³-hybridized carbons (Fsp3) is 0.227. The molecular weight excluding hydrogens is 389 g/mol. The van der Waals surface area contributed by atoms with Crippen molar-refractivity contribution in [3.63, 3.8) is 0 Å². The van der Waals surface area contributed by atoms with Crippen LogP contribution in [0.3, 0.4) is 0 Å². The van der Waals surface area contributed by atoms with E-state index in [1.807, 2.05) is 35.8 Å². The smallest absolute Gasteiger partial charge is 0.192 e. The van der Waals surface area contributed by atoms with Gasteiger partial charge in [-0.25, -0.2) is 4.39 Å². The van der Waals surface area contributed by atoms with Gasteiger partial charge in [0.25, 0.3) is 0 Å². The van der Waals surface area contributed by atoms with E-state index in [0.29, 0.717) is 23.1 Å². The number of Topliss-reactive ketones (excluding diaryl/α,β-unsaturated/α-hetero) is 1. The van der Waals surface area contributed by atoms with Crippen molar-refractivity contribution >= 4 is 17.5 Å². The largest absolute Gasteiger partial charge is 0.486 e. The third-order valence-electron chi connectivity index (χ3n) is 4.24. The summed E-state index contributed by atoms with van der Waals surface area (Å²) in [4.78, 5) is 12.6. The topological polar surface area (TPSA) is 57.0 Å². The summed E-state index contributed by atoms with van der Waals surface area (Å²) < 4.78 is 20.8. The van der Waals surface area contributed by atoms with Gasteiger partial charge in [-0.2, -0.15) is 0 Å². The summed E-state index contributed by atoms with van der Waals surface area (Å²) in [5, 5.41) is 8.66. The van der Waals surface area contributed by atoms with Gasteiger partial charge in [-0.1, -0.05) is 30.0 Å². The van der Waals surface area contributed by atoms with Crippen LogP contribution in [0.4, 0.5) is 4.39 Å². The first-order chi connectivity index (χ1) is 14.0. The average molecular weight is 412 g/mol. The van der Waals surface area contributed by atoms with Crippen LogP contribution in [0.2, 0.25) is 0 Å². The number of benzene rings is 2. The molecule has 0 aliphatic heterocycles. The Morgan fingerprint density at radius 1 is 1.28 bits per heavy atom. The number of carbonyl (C=O) groups excluding carboxylic acids is 1. The summed E-state index contributed by atoms with van der Waals surface area (Å²) in [7, 11) is 0. The molecule has 7 heteroatoms. The fourth-order valence-corrected chi connectivity index (χ4v) is 3.69. The van der Waals surface area contributed by atoms with Gasteiger partial charge in [0.1, 0.15) is 18.2 Å². The number of aryl methyl sites for hydroxylation is 1. The zero-order valence-corrected chi connectivity index (χ0v) is 17.2. The first-order valence-electron chi connectivity index (χ1n) is 9.17. The molecule has 3 rings (SSSR count). The van der Waals surface area contributed by atoms with Crippen molar-refractivity contribution in [1.29, 1.82) is 0 Å². The second-order valence-corrected chi connectivity index (χ2v) is 7.84. The molecule has 2 aromatic carbocycles. The minimum absolute atomic E-state index is 0.0966. The van der Waals surface area contributed by atoms with Crippen LogP contribution in [0.15, 0.2) is 66.3 Å². The van der Waals surface area contributed by atoms with Gasteiger partial charge in [0, 0.05) is 12.1 Å². The highest BCUT2D eigenvalue weighted by Crippen LogP contribution is 2.26. The number of hydrogen-bond donors (Lipinski definition) is 0. The highest BCUT2D eigenvalue weighted by Gasteiger charge is 2.21. The molecule has 1 aromatic heterocycles. The summed E-state index contributed by atoms with van der Waals surface area (Å²) >= 11 is 1.30. The zero-order chi connectivity index (χ0) is 20.8. The number of rotatable bonds is 9. The van der Waals surface area contributed by atoms with E-state index in [0.717, 1.165) is 11.3 Å². The maximum absolute atomic E-state index is 13.1. The Hall–Kier alpha value is -2.93. The second kappa shape index (κ2) is 9.52. The molecule has 0 fully saturated rings. The highest BCUT2D eigenvalue weighted by atomic mass is 32.2. The van der Waals surface area contributed by atoms with Crippen molar-refractivity contribution in [3.05, 3.63) is 84.0 Å². The molecule has 0 spiro atoms. The molecular formula is C22H22FN3O2S. The molecule has 0 saturated heterocycles. The van der Waals surface area contributed by atoms with Crippen LogP contribution in [0, 0.1) is 12.7 Å². The van der Waals surface area contributed by atoms with Crippen molar-refractivity contribution < 1.29 is 13.9 Å². The number of carbonyl (C=O) groups is 1. The van der Waals surface area contributed by atoms with Gasteiger partial charge in [-0.15, -0.1) is 16.8 Å². The molecule has 29 heavy (non-hydrogen) atoms. The van der Waals surface area contributed by atoms with E-state index in [9.17, 15) is 9.18 Å². The summed E-state index contributed by atoms with van der Waals surface area (Å²) in [6.07, 6.45) is 1.75. The van der Waals surface area contributed by atoms with E-state index in [2.05, 4.69) is 16.8 Å². The lowest BCUT2D eigenvalue weighted by Gasteiger charge is -2.12. The van der Waals surface area contributed by atoms with Gasteiger partial charge >= 0.3 is 0 Å². The number of nitrogens with zero attached hydrogens (tertiary/aromatic N) is 3. The van der Waals surface area contributed by atoms with Gasteiger partial charge in [0.15, 0.2) is 16.8 Å². The van der Waals surface area contributed by atoms with Gasteiger partial charge in [-0.05, 0) is 55.8 Å². The molecule has 0 aliphatic carbocycles. The van der Waals surface area contributed by atoms with Crippen LogP contribution >= 0.6 is 11.8 Å². The normalized spacial score (nSPS) is 11.8. The third-order valence-corrected chi connectivity index (χ3v) is 5.32. The highest BCUT2D eigenvalue weighted by molar-refractivity contribution is 8.00. The average Bonchev–Trinajstić information content (AvgIpc) is 3.08. The SMILES string of the molecule is C=CCn1c(COc2cccc(C)c2)nnc1S[C@@H](C)C(=O)c1ccc(F)cc1. The molecule has 0 N–H and O–H groups in total. The van der Waals surface area contributed by atoms with Crippen LogP contribution in [-0.4, -0.2) is 25.8 Å². The Balaban J connectivity index is 1.72. The lowest BCUT2D eigenvalue weighted by atomic mass is 10.1. The Morgan fingerprint density at radius 2 is 2.03 bits per heavy atom. The van der Waals surface area contributed by atoms with E-state index in [1.165, 1.54) is 36.0 Å². The second-order valence-electron chi connectivity index (χ2n) is 6.53. The zero-order valence-electron chi connectivity index (χ0n) is 16.3. The molecule has 0 saturated carbocycles. The summed E-state index contributed by atoms with van der Waals surface area (Å²) in [6, 6.07) is 13.3. The summed E-state index contributed by atoms with van der Waals surface area (Å²) in [5.41, 5.74) is 1.57. The Bertz CT molecular complexity index is 1000. The van der Waals surface area contributed by atoms with E-state index in [4.69, 9.17) is 4.74 Å². The maximum Gasteiger partial charge on any atom is 0.192 e. The molecule has 0 amide bonds. The first kappa shape index (κ1) is 20.8. The molecule has 0 aliphatic rings. The molecule has 0 radical (unpaired) electrons. The van der Waals surface area contributed by atoms with E-state index in [-0.39, 0.29) is 18.2 Å². The van der Waals surface area contributed by atoms with Gasteiger partial charge in [0.05, 0.1) is 5.25 Å². The van der Waals surface area contributed by atoms with E-state index >= 15 is 0 Å². The third kappa shape index (κ3) is 5.32. The number of ketones is 1. The van der Waals surface area contributed by atoms with Crippen molar-refractivity contribution in [2.24, 2.45) is 0 Å². The van der Waals surface area contributed by atoms with Crippen LogP contribution in [0.25, 0.3) is 0 Å². The fourth-order valence-electron chi connectivity index (χ4n) is 2.74. The van der Waals surface area contributed by atoms with Crippen molar-refractivity contribution in [2.45, 2.75) is 37.4 Å². The predicted molar refractivity (Wildman–Crippen MR) is 112 cm³/mol. The number of aromatic nitrogens is 3. The molecule has 1 heterocycles. The van der Waals surface area contributed by atoms with Crippen molar-refractivity contribution in [1.82, 2.24) is 14.8 Å². The van der Waals surface area contributed by atoms with Crippen LogP contribution < -0.4 is 4.74 Å². The molecule has 1 atom stereocenters. The number of hydrogen-bond acceptors (Lipinski definition) is 5. The van der Waals surface area contributed by atoms with E-state index < -0.39 is 5.25 Å². The lowest BCUT2D eigenvalue weighted by molar-refractivity contribution is 0.0994. The number of thioether (sulfide) groups is 1. The Kier molecular flexibility index (Phi) is 6.82. The molecule has 0 bridgehead atoms. The minimum atomic E-state index is -0.404. The minimum Gasteiger partial charge on any atom is -0.486 e. The lowest BCUT2D eigenvalue weighted by Crippen LogP contribution is -2.15.